The average Bonchev–Trinajstić information content (AvgIpc) is 3.06. The molecule has 168 valence electrons. The van der Waals surface area contributed by atoms with Gasteiger partial charge in [-0.05, 0) is 26.2 Å². The van der Waals surface area contributed by atoms with E-state index in [2.05, 4.69) is 25.6 Å². The molecule has 1 aromatic heterocycles. The van der Waals surface area contributed by atoms with Gasteiger partial charge >= 0.3 is 6.18 Å². The molecule has 8 nitrogen and oxygen atoms in total. The Balaban J connectivity index is 1.67. The van der Waals surface area contributed by atoms with Crippen LogP contribution in [0.4, 0.5) is 18.9 Å². The van der Waals surface area contributed by atoms with E-state index in [1.54, 1.807) is 14.0 Å². The molecule has 0 saturated carbocycles. The Morgan fingerprint density at radius 2 is 2.07 bits per heavy atom. The van der Waals surface area contributed by atoms with Gasteiger partial charge in [0.1, 0.15) is 5.66 Å². The number of halogens is 3. The van der Waals surface area contributed by atoms with Crippen molar-refractivity contribution in [3.05, 3.63) is 23.7 Å². The van der Waals surface area contributed by atoms with Crippen molar-refractivity contribution in [3.8, 4) is 0 Å². The Labute approximate surface area is 174 Å². The lowest BCUT2D eigenvalue weighted by Crippen LogP contribution is -2.51. The second-order valence-corrected chi connectivity index (χ2v) is 7.74. The molecule has 30 heavy (non-hydrogen) atoms. The number of rotatable bonds is 6. The van der Waals surface area contributed by atoms with Crippen LogP contribution >= 0.6 is 0 Å². The first-order valence-electron chi connectivity index (χ1n) is 10.1. The number of aryl methyl sites for hydroxylation is 1. The number of hydrogen-bond donors (Lipinski definition) is 3. The molecule has 0 spiro atoms. The molecule has 3 heterocycles. The molecule has 1 unspecified atom stereocenters. The number of alkyl halides is 3. The standard InChI is InChI=1S/C19H30F3N7O/c1-4-18(23)16(19(20,21)22)11-24-17(26-18)25-15-12-29(27-13(15)2)14-5-7-28(8-6-14)9-10-30-3/h11-12,14H,4-10,23H2,1-3H3,(H2,24,25,26). The minimum Gasteiger partial charge on any atom is -0.383 e. The average molecular weight is 429 g/mol. The second-order valence-electron chi connectivity index (χ2n) is 7.74. The SMILES string of the molecule is CCC1(N)N=C(Nc2cn(C3CCN(CCOC)CC3)nc2C)NC=C1C(F)(F)F. The molecule has 2 aliphatic rings. The summed E-state index contributed by atoms with van der Waals surface area (Å²) in [6.45, 7) is 7.02. The highest BCUT2D eigenvalue weighted by atomic mass is 19.4. The van der Waals surface area contributed by atoms with E-state index in [4.69, 9.17) is 10.5 Å². The first kappa shape index (κ1) is 22.6. The van der Waals surface area contributed by atoms with Gasteiger partial charge in [-0.15, -0.1) is 0 Å². The topological polar surface area (TPSA) is 92.7 Å². The molecule has 1 aromatic rings. The van der Waals surface area contributed by atoms with Gasteiger partial charge in [0, 0.05) is 39.1 Å². The van der Waals surface area contributed by atoms with Gasteiger partial charge in [0.15, 0.2) is 0 Å². The number of aromatic nitrogens is 2. The number of nitrogens with one attached hydrogen (secondary N) is 2. The predicted octanol–water partition coefficient (Wildman–Crippen LogP) is 2.36. The Hall–Kier alpha value is -2.11. The number of hydrogen-bond acceptors (Lipinski definition) is 7. The van der Waals surface area contributed by atoms with E-state index in [0.717, 1.165) is 51.0 Å². The Bertz CT molecular complexity index is 797. The lowest BCUT2D eigenvalue weighted by atomic mass is 9.97. The lowest BCUT2D eigenvalue weighted by molar-refractivity contribution is -0.101. The molecular weight excluding hydrogens is 399 g/mol. The summed E-state index contributed by atoms with van der Waals surface area (Å²) < 4.78 is 46.8. The van der Waals surface area contributed by atoms with E-state index in [9.17, 15) is 13.2 Å². The molecule has 3 rings (SSSR count). The van der Waals surface area contributed by atoms with Gasteiger partial charge in [0.2, 0.25) is 5.96 Å². The normalized spacial score (nSPS) is 23.7. The van der Waals surface area contributed by atoms with Gasteiger partial charge in [0.05, 0.1) is 29.6 Å². The van der Waals surface area contributed by atoms with Gasteiger partial charge in [-0.1, -0.05) is 6.92 Å². The number of guanidine groups is 1. The monoisotopic (exact) mass is 429 g/mol. The summed E-state index contributed by atoms with van der Waals surface area (Å²) in [5.41, 5.74) is 4.66. The second kappa shape index (κ2) is 8.94. The molecule has 0 bridgehead atoms. The van der Waals surface area contributed by atoms with E-state index in [-0.39, 0.29) is 18.4 Å². The van der Waals surface area contributed by atoms with Crippen molar-refractivity contribution in [3.63, 3.8) is 0 Å². The van der Waals surface area contributed by atoms with Gasteiger partial charge in [0.25, 0.3) is 0 Å². The number of nitrogens with two attached hydrogens (primary N) is 1. The van der Waals surface area contributed by atoms with Crippen molar-refractivity contribution in [1.82, 2.24) is 20.0 Å². The highest BCUT2D eigenvalue weighted by Gasteiger charge is 2.47. The number of methoxy groups -OCH3 is 1. The molecule has 4 N–H and O–H groups in total. The summed E-state index contributed by atoms with van der Waals surface area (Å²) >= 11 is 0. The lowest BCUT2D eigenvalue weighted by Gasteiger charge is -2.32. The smallest absolute Gasteiger partial charge is 0.383 e. The number of piperidine rings is 1. The van der Waals surface area contributed by atoms with E-state index in [1.807, 2.05) is 17.8 Å². The van der Waals surface area contributed by atoms with Gasteiger partial charge in [-0.3, -0.25) is 4.68 Å². The number of likely N-dealkylation sites (tertiary alicyclic amines) is 1. The highest BCUT2D eigenvalue weighted by Crippen LogP contribution is 2.36. The quantitative estimate of drug-likeness (QED) is 0.643. The number of ether oxygens (including phenoxy) is 1. The predicted molar refractivity (Wildman–Crippen MR) is 109 cm³/mol. The summed E-state index contributed by atoms with van der Waals surface area (Å²) in [5, 5.41) is 10.2. The molecule has 1 atom stereocenters. The zero-order chi connectivity index (χ0) is 21.9. The Kier molecular flexibility index (Phi) is 6.73. The maximum Gasteiger partial charge on any atom is 0.417 e. The third-order valence-corrected chi connectivity index (χ3v) is 5.69. The van der Waals surface area contributed by atoms with Crippen LogP contribution in [-0.2, 0) is 4.74 Å². The van der Waals surface area contributed by atoms with E-state index < -0.39 is 17.4 Å². The zero-order valence-electron chi connectivity index (χ0n) is 17.6. The summed E-state index contributed by atoms with van der Waals surface area (Å²) in [7, 11) is 1.70. The molecule has 1 saturated heterocycles. The van der Waals surface area contributed by atoms with E-state index in [1.165, 1.54) is 0 Å². The minimum absolute atomic E-state index is 0.0189. The van der Waals surface area contributed by atoms with Crippen LogP contribution in [0.2, 0.25) is 0 Å². The fraction of sp³-hybridized carbons (Fsp3) is 0.684. The molecule has 0 radical (unpaired) electrons. The molecule has 0 amide bonds. The number of aliphatic imine (C=N–C) groups is 1. The summed E-state index contributed by atoms with van der Waals surface area (Å²) in [4.78, 5) is 6.47. The molecule has 0 aliphatic carbocycles. The maximum absolute atomic E-state index is 13.2. The van der Waals surface area contributed by atoms with E-state index >= 15 is 0 Å². The third kappa shape index (κ3) is 4.96. The summed E-state index contributed by atoms with van der Waals surface area (Å²) in [5.74, 6) is 0.171. The summed E-state index contributed by atoms with van der Waals surface area (Å²) in [6.07, 6.45) is 0.180. The van der Waals surface area contributed by atoms with E-state index in [0.29, 0.717) is 5.69 Å². The number of anilines is 1. The van der Waals surface area contributed by atoms with Gasteiger partial charge in [-0.25, -0.2) is 4.99 Å². The van der Waals surface area contributed by atoms with Crippen LogP contribution in [0.1, 0.15) is 37.9 Å². The summed E-state index contributed by atoms with van der Waals surface area (Å²) in [6, 6.07) is 0.278. The Morgan fingerprint density at radius 1 is 1.37 bits per heavy atom. The van der Waals surface area contributed by atoms with Crippen LogP contribution in [0.15, 0.2) is 23.0 Å². The largest absolute Gasteiger partial charge is 0.417 e. The molecular formula is C19H30F3N7O. The Morgan fingerprint density at radius 3 is 2.67 bits per heavy atom. The maximum atomic E-state index is 13.2. The molecule has 1 fully saturated rings. The fourth-order valence-corrected chi connectivity index (χ4v) is 3.77. The molecule has 2 aliphatic heterocycles. The van der Waals surface area contributed by atoms with Crippen molar-refractivity contribution >= 4 is 11.6 Å². The van der Waals surface area contributed by atoms with Crippen molar-refractivity contribution in [1.29, 1.82) is 0 Å². The van der Waals surface area contributed by atoms with Crippen molar-refractivity contribution in [2.75, 3.05) is 38.7 Å². The van der Waals surface area contributed by atoms with Crippen LogP contribution in [0, 0.1) is 6.92 Å². The van der Waals surface area contributed by atoms with Crippen molar-refractivity contribution in [2.45, 2.75) is 51.0 Å². The van der Waals surface area contributed by atoms with Crippen molar-refractivity contribution < 1.29 is 17.9 Å². The number of nitrogens with zero attached hydrogens (tertiary/aromatic N) is 4. The van der Waals surface area contributed by atoms with Crippen LogP contribution in [0.25, 0.3) is 0 Å². The van der Waals surface area contributed by atoms with Crippen LogP contribution in [0.3, 0.4) is 0 Å². The fourth-order valence-electron chi connectivity index (χ4n) is 3.77. The van der Waals surface area contributed by atoms with Crippen LogP contribution in [-0.4, -0.2) is 65.8 Å². The molecule has 11 heteroatoms. The minimum atomic E-state index is -4.55. The van der Waals surface area contributed by atoms with Crippen molar-refractivity contribution in [2.24, 2.45) is 10.7 Å². The highest BCUT2D eigenvalue weighted by molar-refractivity contribution is 5.95. The molecule has 0 aromatic carbocycles. The van der Waals surface area contributed by atoms with Gasteiger partial charge < -0.3 is 26.0 Å². The van der Waals surface area contributed by atoms with Crippen LogP contribution in [0.5, 0.6) is 0 Å². The zero-order valence-corrected chi connectivity index (χ0v) is 17.6. The van der Waals surface area contributed by atoms with Gasteiger partial charge in [-0.2, -0.15) is 18.3 Å². The van der Waals surface area contributed by atoms with Crippen LogP contribution < -0.4 is 16.4 Å². The first-order valence-corrected chi connectivity index (χ1v) is 10.1. The first-order chi connectivity index (χ1) is 14.2. The third-order valence-electron chi connectivity index (χ3n) is 5.69.